The Labute approximate surface area is 257 Å². The van der Waals surface area contributed by atoms with Crippen molar-refractivity contribution in [2.45, 2.75) is 50.4 Å². The lowest BCUT2D eigenvalue weighted by atomic mass is 9.74. The van der Waals surface area contributed by atoms with E-state index in [9.17, 15) is 9.59 Å². The van der Waals surface area contributed by atoms with Gasteiger partial charge in [0.15, 0.2) is 10.9 Å². The van der Waals surface area contributed by atoms with Gasteiger partial charge in [-0.25, -0.2) is 0 Å². The van der Waals surface area contributed by atoms with Crippen molar-refractivity contribution in [3.8, 4) is 0 Å². The molecule has 0 aliphatic carbocycles. The SMILES string of the molecule is CCOC(=O)CCCn1nnc(C=C2CN(C(c3ccccc3)(c3ccccc3)c3ccccc3)CCC2SC(C)=O)n1. The molecule has 3 aromatic carbocycles. The van der Waals surface area contributed by atoms with Crippen LogP contribution in [0.2, 0.25) is 0 Å². The normalized spacial score (nSPS) is 16.7. The fourth-order valence-corrected chi connectivity index (χ4v) is 6.80. The minimum absolute atomic E-state index is 0.00420. The third-order valence-corrected chi connectivity index (χ3v) is 8.79. The van der Waals surface area contributed by atoms with E-state index in [0.29, 0.717) is 38.4 Å². The molecule has 43 heavy (non-hydrogen) atoms. The van der Waals surface area contributed by atoms with Gasteiger partial charge in [0.05, 0.1) is 18.7 Å². The van der Waals surface area contributed by atoms with Gasteiger partial charge in [-0.1, -0.05) is 103 Å². The molecule has 4 aromatic rings. The van der Waals surface area contributed by atoms with E-state index < -0.39 is 5.54 Å². The van der Waals surface area contributed by atoms with Crippen molar-refractivity contribution in [1.82, 2.24) is 25.1 Å². The van der Waals surface area contributed by atoms with E-state index in [1.54, 1.807) is 13.8 Å². The van der Waals surface area contributed by atoms with Gasteiger partial charge in [0.1, 0.15) is 0 Å². The molecule has 0 bridgehead atoms. The Balaban J connectivity index is 1.52. The summed E-state index contributed by atoms with van der Waals surface area (Å²) < 4.78 is 5.01. The Morgan fingerprint density at radius 1 is 0.953 bits per heavy atom. The van der Waals surface area contributed by atoms with E-state index in [1.807, 2.05) is 24.3 Å². The predicted molar refractivity (Wildman–Crippen MR) is 169 cm³/mol. The van der Waals surface area contributed by atoms with Crippen molar-refractivity contribution in [3.63, 3.8) is 0 Å². The lowest BCUT2D eigenvalue weighted by molar-refractivity contribution is -0.143. The molecule has 8 nitrogen and oxygen atoms in total. The second kappa shape index (κ2) is 14.4. The monoisotopic (exact) mass is 595 g/mol. The molecule has 9 heteroatoms. The summed E-state index contributed by atoms with van der Waals surface area (Å²) in [6.07, 6.45) is 3.64. The van der Waals surface area contributed by atoms with Gasteiger partial charge in [0.2, 0.25) is 0 Å². The first-order valence-corrected chi connectivity index (χ1v) is 15.6. The number of benzene rings is 3. The maximum absolute atomic E-state index is 12.3. The summed E-state index contributed by atoms with van der Waals surface area (Å²) >= 11 is 1.36. The van der Waals surface area contributed by atoms with Crippen LogP contribution in [-0.4, -0.2) is 61.1 Å². The summed E-state index contributed by atoms with van der Waals surface area (Å²) in [6, 6.07) is 31.9. The second-order valence-electron chi connectivity index (χ2n) is 10.5. The molecule has 1 saturated heterocycles. The highest BCUT2D eigenvalue weighted by Gasteiger charge is 2.44. The zero-order chi connectivity index (χ0) is 30.1. The third kappa shape index (κ3) is 7.12. The molecule has 0 N–H and O–H groups in total. The first kappa shape index (κ1) is 30.4. The molecule has 1 aliphatic rings. The van der Waals surface area contributed by atoms with E-state index in [1.165, 1.54) is 33.2 Å². The van der Waals surface area contributed by atoms with E-state index in [0.717, 1.165) is 18.5 Å². The number of tetrazole rings is 1. The van der Waals surface area contributed by atoms with Crippen LogP contribution in [0.5, 0.6) is 0 Å². The fourth-order valence-electron chi connectivity index (χ4n) is 5.88. The molecule has 2 heterocycles. The molecule has 1 unspecified atom stereocenters. The number of thioether (sulfide) groups is 1. The molecule has 0 amide bonds. The van der Waals surface area contributed by atoms with E-state index in [2.05, 4.69) is 93.1 Å². The Morgan fingerprint density at radius 2 is 1.53 bits per heavy atom. The number of rotatable bonds is 11. The summed E-state index contributed by atoms with van der Waals surface area (Å²) in [5.74, 6) is 0.266. The number of nitrogens with zero attached hydrogens (tertiary/aromatic N) is 5. The average molecular weight is 596 g/mol. The van der Waals surface area contributed by atoms with Crippen molar-refractivity contribution in [3.05, 3.63) is 119 Å². The lowest BCUT2D eigenvalue weighted by Gasteiger charge is -2.49. The second-order valence-corrected chi connectivity index (χ2v) is 11.9. The summed E-state index contributed by atoms with van der Waals surface area (Å²) in [7, 11) is 0. The van der Waals surface area contributed by atoms with Gasteiger partial charge in [-0.2, -0.15) is 4.80 Å². The van der Waals surface area contributed by atoms with Gasteiger partial charge in [0, 0.05) is 31.7 Å². The molecular formula is C34H37N5O3S. The summed E-state index contributed by atoms with van der Waals surface area (Å²) in [4.78, 5) is 28.1. The number of likely N-dealkylation sites (tertiary alicyclic amines) is 1. The number of carbonyl (C=O) groups is 2. The highest BCUT2D eigenvalue weighted by atomic mass is 32.2. The van der Waals surface area contributed by atoms with Crippen LogP contribution >= 0.6 is 11.8 Å². The molecule has 0 spiro atoms. The zero-order valence-electron chi connectivity index (χ0n) is 24.6. The van der Waals surface area contributed by atoms with Crippen molar-refractivity contribution < 1.29 is 14.3 Å². The predicted octanol–water partition coefficient (Wildman–Crippen LogP) is 5.75. The number of esters is 1. The van der Waals surface area contributed by atoms with Crippen molar-refractivity contribution in [2.24, 2.45) is 0 Å². The minimum Gasteiger partial charge on any atom is -0.466 e. The van der Waals surface area contributed by atoms with Gasteiger partial charge in [0.25, 0.3) is 0 Å². The van der Waals surface area contributed by atoms with Gasteiger partial charge < -0.3 is 4.74 Å². The topological polar surface area (TPSA) is 90.2 Å². The van der Waals surface area contributed by atoms with Crippen LogP contribution in [0.25, 0.3) is 6.08 Å². The maximum atomic E-state index is 12.3. The van der Waals surface area contributed by atoms with E-state index in [-0.39, 0.29) is 16.3 Å². The van der Waals surface area contributed by atoms with Gasteiger partial charge >= 0.3 is 5.97 Å². The van der Waals surface area contributed by atoms with Crippen LogP contribution in [-0.2, 0) is 26.4 Å². The molecule has 222 valence electrons. The molecule has 0 saturated carbocycles. The lowest BCUT2D eigenvalue weighted by Crippen LogP contribution is -2.52. The smallest absolute Gasteiger partial charge is 0.305 e. The van der Waals surface area contributed by atoms with Crippen molar-refractivity contribution >= 4 is 28.9 Å². The van der Waals surface area contributed by atoms with Crippen LogP contribution in [0, 0.1) is 0 Å². The van der Waals surface area contributed by atoms with Crippen LogP contribution in [0.15, 0.2) is 96.6 Å². The molecule has 0 radical (unpaired) electrons. The molecule has 1 aliphatic heterocycles. The Bertz CT molecular complexity index is 1430. The minimum atomic E-state index is -0.563. The van der Waals surface area contributed by atoms with Crippen LogP contribution < -0.4 is 0 Å². The number of hydrogen-bond acceptors (Lipinski definition) is 8. The average Bonchev–Trinajstić information content (AvgIpc) is 3.47. The Kier molecular flexibility index (Phi) is 10.2. The Hall–Kier alpha value is -4.08. The molecule has 1 atom stereocenters. The largest absolute Gasteiger partial charge is 0.466 e. The third-order valence-electron chi connectivity index (χ3n) is 7.63. The first-order chi connectivity index (χ1) is 21.0. The van der Waals surface area contributed by atoms with Crippen LogP contribution in [0.3, 0.4) is 0 Å². The number of carbonyl (C=O) groups excluding carboxylic acids is 2. The summed E-state index contributed by atoms with van der Waals surface area (Å²) in [5.41, 5.74) is 4.04. The zero-order valence-corrected chi connectivity index (χ0v) is 25.5. The van der Waals surface area contributed by atoms with E-state index >= 15 is 0 Å². The van der Waals surface area contributed by atoms with Crippen LogP contribution in [0.4, 0.5) is 0 Å². The Morgan fingerprint density at radius 3 is 2.07 bits per heavy atom. The molecule has 5 rings (SSSR count). The fraction of sp³-hybridized carbons (Fsp3) is 0.324. The highest BCUT2D eigenvalue weighted by molar-refractivity contribution is 8.14. The number of aromatic nitrogens is 4. The van der Waals surface area contributed by atoms with Gasteiger partial charge in [-0.3, -0.25) is 14.5 Å². The summed E-state index contributed by atoms with van der Waals surface area (Å²) in [6.45, 7) is 5.65. The maximum Gasteiger partial charge on any atom is 0.305 e. The van der Waals surface area contributed by atoms with E-state index in [4.69, 9.17) is 4.74 Å². The standard InChI is InChI=1S/C34H37N5O3S/c1-3-42-33(41)20-13-22-39-36-32(35-37-39)24-27-25-38(23-21-31(27)43-26(2)40)34(28-14-7-4-8-15-28,29-16-9-5-10-17-29)30-18-11-6-12-19-30/h4-12,14-19,24,31H,3,13,20-23,25H2,1-2H3. The van der Waals surface area contributed by atoms with Crippen molar-refractivity contribution in [2.75, 3.05) is 19.7 Å². The number of ether oxygens (including phenoxy) is 1. The summed E-state index contributed by atoms with van der Waals surface area (Å²) in [5, 5.41) is 13.2. The van der Waals surface area contributed by atoms with Gasteiger partial charge in [-0.05, 0) is 53.3 Å². The van der Waals surface area contributed by atoms with Crippen molar-refractivity contribution in [1.29, 1.82) is 0 Å². The first-order valence-electron chi connectivity index (χ1n) is 14.7. The van der Waals surface area contributed by atoms with Gasteiger partial charge in [-0.15, -0.1) is 10.2 Å². The number of hydrogen-bond donors (Lipinski definition) is 0. The number of aryl methyl sites for hydroxylation is 1. The molecular weight excluding hydrogens is 558 g/mol. The highest BCUT2D eigenvalue weighted by Crippen LogP contribution is 2.45. The number of piperidine rings is 1. The molecule has 1 fully saturated rings. The molecule has 1 aromatic heterocycles. The van der Waals surface area contributed by atoms with Crippen LogP contribution in [0.1, 0.15) is 55.6 Å². The quantitative estimate of drug-likeness (QED) is 0.160.